The molecule has 0 radical (unpaired) electrons. The van der Waals surface area contributed by atoms with Gasteiger partial charge in [0.15, 0.2) is 5.78 Å². The van der Waals surface area contributed by atoms with E-state index >= 15 is 0 Å². The van der Waals surface area contributed by atoms with Crippen LogP contribution in [0, 0.1) is 56.2 Å². The predicted octanol–water partition coefficient (Wildman–Crippen LogP) is 9.46. The van der Waals surface area contributed by atoms with Crippen molar-refractivity contribution in [1.29, 1.82) is 0 Å². The standard InChI is InChI=1S/C46H64ClNO7/c1-27(2)38-31(49)22-46(35-25-48(26-37(51)55-35)24-28-10-12-29(47)13-11-28)21-20-44(8)30(39(38)46)14-15-33-43(7)18-17-34(54-36(50)23-41(3,4)40(52)53)42(5,6)32(43)16-19-45(33,44)9/h10-13,27,30,32-35H,14-26H2,1-9H3,(H,52,53)/t30-,32+,33-,34+,35-,43+,44-,45-,46?/m1/s1. The number of ether oxygens (including phenoxy) is 2. The highest BCUT2D eigenvalue weighted by atomic mass is 35.5. The summed E-state index contributed by atoms with van der Waals surface area (Å²) >= 11 is 6.18. The van der Waals surface area contributed by atoms with Gasteiger partial charge in [0.2, 0.25) is 0 Å². The first-order valence-corrected chi connectivity index (χ1v) is 21.3. The van der Waals surface area contributed by atoms with Crippen LogP contribution in [0.3, 0.4) is 0 Å². The number of hydrogen-bond donors (Lipinski definition) is 1. The summed E-state index contributed by atoms with van der Waals surface area (Å²) in [6.07, 6.45) is 7.40. The summed E-state index contributed by atoms with van der Waals surface area (Å²) in [6, 6.07) is 7.81. The highest BCUT2D eigenvalue weighted by Gasteiger charge is 2.71. The molecule has 1 N–H and O–H groups in total. The number of nitrogens with zero attached hydrogens (tertiary/aromatic N) is 1. The lowest BCUT2D eigenvalue weighted by Gasteiger charge is -2.72. The van der Waals surface area contributed by atoms with Crippen LogP contribution in [0.15, 0.2) is 35.4 Å². The fourth-order valence-corrected chi connectivity index (χ4v) is 14.0. The van der Waals surface area contributed by atoms with Gasteiger partial charge in [-0.2, -0.15) is 0 Å². The Morgan fingerprint density at radius 1 is 0.945 bits per heavy atom. The number of ketones is 1. The average molecular weight is 778 g/mol. The summed E-state index contributed by atoms with van der Waals surface area (Å²) in [5.74, 6) is -0.244. The fraction of sp³-hybridized carbons (Fsp3) is 0.739. The number of cyclic esters (lactones) is 1. The van der Waals surface area contributed by atoms with Gasteiger partial charge >= 0.3 is 17.9 Å². The van der Waals surface area contributed by atoms with Gasteiger partial charge in [-0.1, -0.05) is 72.2 Å². The molecule has 302 valence electrons. The van der Waals surface area contributed by atoms with Crippen LogP contribution in [0.25, 0.3) is 0 Å². The number of allylic oxidation sites excluding steroid dienone is 1. The second-order valence-corrected chi connectivity index (χ2v) is 21.3. The summed E-state index contributed by atoms with van der Waals surface area (Å²) in [7, 11) is 0. The van der Waals surface area contributed by atoms with E-state index in [2.05, 4.69) is 53.4 Å². The molecule has 5 aliphatic carbocycles. The molecule has 4 saturated carbocycles. The normalized spacial score (nSPS) is 38.8. The van der Waals surface area contributed by atoms with Crippen LogP contribution in [0.4, 0.5) is 0 Å². The van der Waals surface area contributed by atoms with Crippen LogP contribution >= 0.6 is 11.6 Å². The number of carboxylic acids is 1. The maximum Gasteiger partial charge on any atom is 0.320 e. The molecule has 7 rings (SSSR count). The van der Waals surface area contributed by atoms with Crippen LogP contribution in [0.5, 0.6) is 0 Å². The Hall–Kier alpha value is -2.71. The highest BCUT2D eigenvalue weighted by molar-refractivity contribution is 6.30. The molecule has 1 saturated heterocycles. The van der Waals surface area contributed by atoms with E-state index in [0.717, 1.165) is 62.5 Å². The number of carboxylic acid groups (broad SMARTS) is 1. The molecular formula is C46H64ClNO7. The third kappa shape index (κ3) is 6.33. The van der Waals surface area contributed by atoms with Crippen molar-refractivity contribution in [3.63, 3.8) is 0 Å². The minimum absolute atomic E-state index is 0.0308. The number of benzene rings is 1. The van der Waals surface area contributed by atoms with Crippen molar-refractivity contribution < 1.29 is 33.8 Å². The number of morpholine rings is 1. The minimum atomic E-state index is -1.17. The van der Waals surface area contributed by atoms with Crippen molar-refractivity contribution in [3.8, 4) is 0 Å². The number of esters is 2. The lowest BCUT2D eigenvalue weighted by atomic mass is 9.33. The van der Waals surface area contributed by atoms with Crippen molar-refractivity contribution in [3.05, 3.63) is 46.0 Å². The van der Waals surface area contributed by atoms with Gasteiger partial charge < -0.3 is 14.6 Å². The number of aliphatic carboxylic acids is 1. The van der Waals surface area contributed by atoms with Crippen LogP contribution in [-0.2, 0) is 35.2 Å². The minimum Gasteiger partial charge on any atom is -0.481 e. The van der Waals surface area contributed by atoms with Crippen molar-refractivity contribution in [2.75, 3.05) is 13.1 Å². The quantitative estimate of drug-likeness (QED) is 0.260. The number of carbonyl (C=O) groups excluding carboxylic acids is 3. The number of carbonyl (C=O) groups is 4. The first-order chi connectivity index (χ1) is 25.6. The smallest absolute Gasteiger partial charge is 0.320 e. The number of fused-ring (bicyclic) bond motifs is 7. The maximum absolute atomic E-state index is 14.3. The van der Waals surface area contributed by atoms with E-state index < -0.39 is 22.8 Å². The van der Waals surface area contributed by atoms with Gasteiger partial charge in [-0.05, 0) is 134 Å². The van der Waals surface area contributed by atoms with Crippen molar-refractivity contribution in [2.24, 2.45) is 56.2 Å². The Labute approximate surface area is 333 Å². The Kier molecular flexibility index (Phi) is 10.1. The second-order valence-electron chi connectivity index (χ2n) is 20.8. The molecule has 8 nitrogen and oxygen atoms in total. The zero-order valence-corrected chi connectivity index (χ0v) is 35.4. The summed E-state index contributed by atoms with van der Waals surface area (Å²) in [6.45, 7) is 21.1. The number of halogens is 1. The third-order valence-corrected chi connectivity index (χ3v) is 17.1. The van der Waals surface area contributed by atoms with E-state index in [1.54, 1.807) is 13.8 Å². The molecule has 9 heteroatoms. The lowest BCUT2D eigenvalue weighted by molar-refractivity contribution is -0.236. The first kappa shape index (κ1) is 40.5. The first-order valence-electron chi connectivity index (χ1n) is 21.0. The molecule has 1 unspecified atom stereocenters. The summed E-state index contributed by atoms with van der Waals surface area (Å²) < 4.78 is 12.6. The van der Waals surface area contributed by atoms with Gasteiger partial charge in [0, 0.05) is 35.4 Å². The topological polar surface area (TPSA) is 110 Å². The van der Waals surface area contributed by atoms with Crippen LogP contribution in [0.2, 0.25) is 5.02 Å². The van der Waals surface area contributed by atoms with Gasteiger partial charge in [0.1, 0.15) is 12.2 Å². The lowest BCUT2D eigenvalue weighted by Crippen LogP contribution is -2.66. The van der Waals surface area contributed by atoms with Crippen molar-refractivity contribution in [1.82, 2.24) is 4.90 Å². The molecule has 0 aromatic heterocycles. The third-order valence-electron chi connectivity index (χ3n) is 16.8. The molecule has 1 aromatic rings. The second kappa shape index (κ2) is 13.7. The van der Waals surface area contributed by atoms with E-state index in [4.69, 9.17) is 21.1 Å². The largest absolute Gasteiger partial charge is 0.481 e. The fourth-order valence-electron chi connectivity index (χ4n) is 13.9. The van der Waals surface area contributed by atoms with Crippen LogP contribution in [0.1, 0.15) is 132 Å². The van der Waals surface area contributed by atoms with E-state index in [1.807, 2.05) is 24.3 Å². The Morgan fingerprint density at radius 3 is 2.29 bits per heavy atom. The van der Waals surface area contributed by atoms with Gasteiger partial charge in [-0.15, -0.1) is 0 Å². The van der Waals surface area contributed by atoms with E-state index in [0.29, 0.717) is 36.4 Å². The molecule has 0 amide bonds. The van der Waals surface area contributed by atoms with Crippen LogP contribution < -0.4 is 0 Å². The molecule has 1 heterocycles. The Bertz CT molecular complexity index is 1780. The summed E-state index contributed by atoms with van der Waals surface area (Å²) in [4.78, 5) is 54.8. The molecule has 0 bridgehead atoms. The Morgan fingerprint density at radius 2 is 1.64 bits per heavy atom. The summed E-state index contributed by atoms with van der Waals surface area (Å²) in [5.41, 5.74) is 1.53. The molecule has 1 aliphatic heterocycles. The highest BCUT2D eigenvalue weighted by Crippen LogP contribution is 2.77. The maximum atomic E-state index is 14.3. The van der Waals surface area contributed by atoms with Gasteiger partial charge in [-0.3, -0.25) is 24.1 Å². The number of rotatable bonds is 8. The van der Waals surface area contributed by atoms with Crippen LogP contribution in [-0.4, -0.2) is 59.0 Å². The van der Waals surface area contributed by atoms with E-state index in [9.17, 15) is 24.3 Å². The monoisotopic (exact) mass is 777 g/mol. The Balaban J connectivity index is 1.18. The molecular weight excluding hydrogens is 714 g/mol. The molecule has 0 spiro atoms. The van der Waals surface area contributed by atoms with Gasteiger partial charge in [0.05, 0.1) is 18.4 Å². The SMILES string of the molecule is CC(C)C1=C2[C@H]3CC[C@@H]4[C@@]5(C)CC[C@H](OC(=O)CC(C)(C)C(=O)O)C(C)(C)[C@@H]5CC[C@@]4(C)[C@]3(C)CCC2([C@H]2CN(Cc3ccc(Cl)cc3)CC(=O)O2)CC1=O. The molecule has 1 aromatic carbocycles. The molecule has 5 fully saturated rings. The average Bonchev–Trinajstić information content (AvgIpc) is 3.40. The van der Waals surface area contributed by atoms with Crippen molar-refractivity contribution in [2.45, 2.75) is 145 Å². The molecule has 55 heavy (non-hydrogen) atoms. The summed E-state index contributed by atoms with van der Waals surface area (Å²) in [5, 5.41) is 10.3. The zero-order valence-electron chi connectivity index (χ0n) is 34.7. The predicted molar refractivity (Wildman–Crippen MR) is 212 cm³/mol. The van der Waals surface area contributed by atoms with E-state index in [1.165, 1.54) is 5.57 Å². The van der Waals surface area contributed by atoms with Crippen molar-refractivity contribution >= 4 is 35.3 Å². The molecule has 6 aliphatic rings. The number of Topliss-reactive ketones (excluding diaryl/α,β-unsaturated/α-hetero) is 1. The zero-order chi connectivity index (χ0) is 40.1. The van der Waals surface area contributed by atoms with Gasteiger partial charge in [-0.25, -0.2) is 0 Å². The number of hydrogen-bond acceptors (Lipinski definition) is 7. The molecule has 9 atom stereocenters. The van der Waals surface area contributed by atoms with E-state index in [-0.39, 0.29) is 70.4 Å². The van der Waals surface area contributed by atoms with Gasteiger partial charge in [0.25, 0.3) is 0 Å².